The van der Waals surface area contributed by atoms with Crippen molar-refractivity contribution in [1.82, 2.24) is 9.47 Å². The highest BCUT2D eigenvalue weighted by atomic mass is 79.9. The van der Waals surface area contributed by atoms with Gasteiger partial charge in [-0.2, -0.15) is 0 Å². The zero-order valence-corrected chi connectivity index (χ0v) is 17.4. The molecular formula is C19H22BrClN2O3. The van der Waals surface area contributed by atoms with Crippen molar-refractivity contribution < 1.29 is 9.53 Å². The molecule has 1 aliphatic heterocycles. The van der Waals surface area contributed by atoms with E-state index in [0.29, 0.717) is 36.3 Å². The van der Waals surface area contributed by atoms with E-state index in [1.54, 1.807) is 15.5 Å². The second-order valence-corrected chi connectivity index (χ2v) is 8.90. The minimum Gasteiger partial charge on any atom is -0.444 e. The van der Waals surface area contributed by atoms with Gasteiger partial charge < -0.3 is 14.2 Å². The van der Waals surface area contributed by atoms with Crippen molar-refractivity contribution in [1.29, 1.82) is 0 Å². The number of aromatic nitrogens is 1. The van der Waals surface area contributed by atoms with Gasteiger partial charge in [-0.05, 0) is 57.2 Å². The third-order valence-electron chi connectivity index (χ3n) is 4.46. The van der Waals surface area contributed by atoms with Crippen LogP contribution in [-0.4, -0.2) is 34.3 Å². The lowest BCUT2D eigenvalue weighted by Crippen LogP contribution is -2.43. The molecule has 0 saturated carbocycles. The van der Waals surface area contributed by atoms with Crippen LogP contribution in [0.15, 0.2) is 33.7 Å². The molecule has 26 heavy (non-hydrogen) atoms. The monoisotopic (exact) mass is 440 g/mol. The highest BCUT2D eigenvalue weighted by Gasteiger charge is 2.28. The zero-order chi connectivity index (χ0) is 19.1. The van der Waals surface area contributed by atoms with Crippen LogP contribution in [0.4, 0.5) is 4.79 Å². The number of likely N-dealkylation sites (tertiary alicyclic amines) is 1. The van der Waals surface area contributed by atoms with E-state index in [9.17, 15) is 9.59 Å². The van der Waals surface area contributed by atoms with Gasteiger partial charge in [-0.3, -0.25) is 4.79 Å². The number of benzene rings is 1. The maximum Gasteiger partial charge on any atom is 0.410 e. The molecule has 140 valence electrons. The van der Waals surface area contributed by atoms with Crippen molar-refractivity contribution in [2.75, 3.05) is 13.1 Å². The number of pyridine rings is 1. The average Bonchev–Trinajstić information content (AvgIpc) is 2.53. The number of halogens is 2. The number of ether oxygens (including phenoxy) is 1. The zero-order valence-electron chi connectivity index (χ0n) is 15.1. The molecule has 3 rings (SSSR count). The van der Waals surface area contributed by atoms with E-state index >= 15 is 0 Å². The molecule has 1 aromatic carbocycles. The summed E-state index contributed by atoms with van der Waals surface area (Å²) in [5.74, 6) is 0. The first-order chi connectivity index (χ1) is 12.2. The molecule has 7 heteroatoms. The molecule has 2 aromatic rings. The number of carbonyl (C=O) groups is 1. The Balaban J connectivity index is 1.79. The van der Waals surface area contributed by atoms with Crippen molar-refractivity contribution in [3.05, 3.63) is 44.2 Å². The summed E-state index contributed by atoms with van der Waals surface area (Å²) < 4.78 is 8.01. The quantitative estimate of drug-likeness (QED) is 0.626. The largest absolute Gasteiger partial charge is 0.444 e. The summed E-state index contributed by atoms with van der Waals surface area (Å²) in [7, 11) is 0. The fourth-order valence-corrected chi connectivity index (χ4v) is 4.16. The number of fused-ring (bicyclic) bond motifs is 1. The van der Waals surface area contributed by atoms with Crippen molar-refractivity contribution >= 4 is 44.4 Å². The third-order valence-corrected chi connectivity index (χ3v) is 5.21. The van der Waals surface area contributed by atoms with Crippen LogP contribution < -0.4 is 5.56 Å². The molecule has 0 aliphatic carbocycles. The predicted octanol–water partition coefficient (Wildman–Crippen LogP) is 4.99. The molecule has 1 aliphatic rings. The number of rotatable bonds is 1. The second-order valence-electron chi connectivity index (χ2n) is 7.58. The van der Waals surface area contributed by atoms with Gasteiger partial charge in [0.15, 0.2) is 0 Å². The van der Waals surface area contributed by atoms with Crippen molar-refractivity contribution in [2.24, 2.45) is 0 Å². The van der Waals surface area contributed by atoms with Crippen LogP contribution in [-0.2, 0) is 4.74 Å². The van der Waals surface area contributed by atoms with Crippen LogP contribution in [0.2, 0.25) is 5.02 Å². The first-order valence-corrected chi connectivity index (χ1v) is 9.80. The number of nitrogens with zero attached hydrogens (tertiary/aromatic N) is 2. The molecule has 0 bridgehead atoms. The van der Waals surface area contributed by atoms with Gasteiger partial charge >= 0.3 is 6.09 Å². The van der Waals surface area contributed by atoms with Crippen molar-refractivity contribution in [3.63, 3.8) is 0 Å². The smallest absolute Gasteiger partial charge is 0.410 e. The molecule has 5 nitrogen and oxygen atoms in total. The molecule has 0 spiro atoms. The van der Waals surface area contributed by atoms with Gasteiger partial charge in [0.2, 0.25) is 0 Å². The van der Waals surface area contributed by atoms with Gasteiger partial charge in [0.1, 0.15) is 5.60 Å². The van der Waals surface area contributed by atoms with Gasteiger partial charge in [-0.15, -0.1) is 0 Å². The first kappa shape index (κ1) is 19.2. The van der Waals surface area contributed by atoms with E-state index in [1.807, 2.05) is 39.1 Å². The summed E-state index contributed by atoms with van der Waals surface area (Å²) in [6.45, 7) is 6.70. The first-order valence-electron chi connectivity index (χ1n) is 8.63. The molecule has 1 saturated heterocycles. The Morgan fingerprint density at radius 3 is 2.54 bits per heavy atom. The predicted molar refractivity (Wildman–Crippen MR) is 107 cm³/mol. The third kappa shape index (κ3) is 4.07. The molecule has 1 aromatic heterocycles. The standard InChI is InChI=1S/C19H22BrClN2O3/c1-19(2,3)26-18(25)22-7-5-14(6-8-22)23-9-4-12-10-13(20)11-15(21)16(12)17(23)24/h4,9-11,14H,5-8H2,1-3H3. The molecule has 2 heterocycles. The van der Waals surface area contributed by atoms with E-state index in [0.717, 1.165) is 9.86 Å². The number of hydrogen-bond acceptors (Lipinski definition) is 3. The highest BCUT2D eigenvalue weighted by molar-refractivity contribution is 9.10. The lowest BCUT2D eigenvalue weighted by molar-refractivity contribution is 0.0187. The van der Waals surface area contributed by atoms with Crippen LogP contribution in [0.1, 0.15) is 39.7 Å². The van der Waals surface area contributed by atoms with Crippen LogP contribution in [0.5, 0.6) is 0 Å². The number of hydrogen-bond donors (Lipinski definition) is 0. The Bertz CT molecular complexity index is 896. The SMILES string of the molecule is CC(C)(C)OC(=O)N1CCC(n2ccc3cc(Br)cc(Cl)c3c2=O)CC1. The summed E-state index contributed by atoms with van der Waals surface area (Å²) in [5.41, 5.74) is -0.593. The number of piperidine rings is 1. The van der Waals surface area contributed by atoms with Gasteiger partial charge in [0.05, 0.1) is 10.4 Å². The van der Waals surface area contributed by atoms with Crippen LogP contribution in [0.3, 0.4) is 0 Å². The molecule has 0 N–H and O–H groups in total. The second kappa shape index (κ2) is 7.24. The molecular weight excluding hydrogens is 420 g/mol. The van der Waals surface area contributed by atoms with Crippen molar-refractivity contribution in [2.45, 2.75) is 45.3 Å². The Morgan fingerprint density at radius 1 is 1.27 bits per heavy atom. The molecule has 0 unspecified atom stereocenters. The number of carbonyl (C=O) groups excluding carboxylic acids is 1. The topological polar surface area (TPSA) is 51.5 Å². The minimum absolute atomic E-state index is 0.0466. The van der Waals surface area contributed by atoms with E-state index in [4.69, 9.17) is 16.3 Å². The lowest BCUT2D eigenvalue weighted by atomic mass is 10.0. The van der Waals surface area contributed by atoms with Gasteiger partial charge in [0, 0.05) is 29.8 Å². The normalized spacial score (nSPS) is 16.1. The maximum absolute atomic E-state index is 12.9. The van der Waals surface area contributed by atoms with E-state index in [1.165, 1.54) is 0 Å². The van der Waals surface area contributed by atoms with Crippen LogP contribution in [0.25, 0.3) is 10.8 Å². The van der Waals surface area contributed by atoms with E-state index < -0.39 is 5.60 Å². The van der Waals surface area contributed by atoms with Crippen molar-refractivity contribution in [3.8, 4) is 0 Å². The minimum atomic E-state index is -0.506. The lowest BCUT2D eigenvalue weighted by Gasteiger charge is -2.34. The molecule has 0 radical (unpaired) electrons. The van der Waals surface area contributed by atoms with Gasteiger partial charge in [0.25, 0.3) is 5.56 Å². The molecule has 1 fully saturated rings. The highest BCUT2D eigenvalue weighted by Crippen LogP contribution is 2.28. The molecule has 1 amide bonds. The van der Waals surface area contributed by atoms with Crippen LogP contribution >= 0.6 is 27.5 Å². The number of amides is 1. The fourth-order valence-electron chi connectivity index (χ4n) is 3.25. The summed E-state index contributed by atoms with van der Waals surface area (Å²) in [6.07, 6.45) is 2.94. The molecule has 0 atom stereocenters. The maximum atomic E-state index is 12.9. The van der Waals surface area contributed by atoms with E-state index in [-0.39, 0.29) is 17.7 Å². The van der Waals surface area contributed by atoms with E-state index in [2.05, 4.69) is 15.9 Å². The summed E-state index contributed by atoms with van der Waals surface area (Å²) >= 11 is 9.69. The van der Waals surface area contributed by atoms with Gasteiger partial charge in [-0.25, -0.2) is 4.79 Å². The fraction of sp³-hybridized carbons (Fsp3) is 0.474. The Kier molecular flexibility index (Phi) is 5.35. The summed E-state index contributed by atoms with van der Waals surface area (Å²) in [6, 6.07) is 5.58. The average molecular weight is 442 g/mol. The van der Waals surface area contributed by atoms with Crippen LogP contribution in [0, 0.1) is 0 Å². The Morgan fingerprint density at radius 2 is 1.92 bits per heavy atom. The summed E-state index contributed by atoms with van der Waals surface area (Å²) in [4.78, 5) is 26.8. The summed E-state index contributed by atoms with van der Waals surface area (Å²) in [5, 5.41) is 1.80. The Hall–Kier alpha value is -1.53. The van der Waals surface area contributed by atoms with Gasteiger partial charge in [-0.1, -0.05) is 27.5 Å². The Labute approximate surface area is 166 Å².